The van der Waals surface area contributed by atoms with Crippen molar-refractivity contribution in [2.45, 2.75) is 24.9 Å². The topological polar surface area (TPSA) is 60.4 Å². The number of ether oxygens (including phenoxy) is 1. The van der Waals surface area contributed by atoms with E-state index in [0.29, 0.717) is 5.96 Å². The molecule has 0 atom stereocenters. The minimum absolute atomic E-state index is 0.208. The van der Waals surface area contributed by atoms with Gasteiger partial charge >= 0.3 is 0 Å². The van der Waals surface area contributed by atoms with Gasteiger partial charge in [0.2, 0.25) is 0 Å². The second-order valence-electron chi connectivity index (χ2n) is 5.57. The van der Waals surface area contributed by atoms with Crippen molar-refractivity contribution in [1.82, 2.24) is 5.32 Å². The van der Waals surface area contributed by atoms with Gasteiger partial charge < -0.3 is 20.3 Å². The van der Waals surface area contributed by atoms with Crippen molar-refractivity contribution >= 4 is 17.3 Å². The second kappa shape index (κ2) is 5.32. The molecule has 108 valence electrons. The smallest absolute Gasteiger partial charge is 0.192 e. The Balaban J connectivity index is 1.59. The molecule has 0 amide bonds. The van der Waals surface area contributed by atoms with Crippen LogP contribution in [0.3, 0.4) is 0 Å². The van der Waals surface area contributed by atoms with E-state index in [1.165, 1.54) is 12.1 Å². The Morgan fingerprint density at radius 3 is 2.35 bits per heavy atom. The molecule has 0 unspecified atom stereocenters. The molecule has 0 aliphatic carbocycles. The Morgan fingerprint density at radius 2 is 1.85 bits per heavy atom. The SMILES string of the molecule is CNC(=N)Nc1ccc(N2CCC3(CCO3)CC2)cc1. The number of benzene rings is 1. The average Bonchev–Trinajstić information content (AvgIpc) is 2.46. The van der Waals surface area contributed by atoms with E-state index in [2.05, 4.69) is 27.7 Å². The van der Waals surface area contributed by atoms with E-state index < -0.39 is 0 Å². The van der Waals surface area contributed by atoms with E-state index in [9.17, 15) is 0 Å². The van der Waals surface area contributed by atoms with Crippen molar-refractivity contribution in [2.75, 3.05) is 37.0 Å². The quantitative estimate of drug-likeness (QED) is 0.570. The normalized spacial score (nSPS) is 20.4. The molecule has 2 fully saturated rings. The van der Waals surface area contributed by atoms with Crippen LogP contribution in [0.5, 0.6) is 0 Å². The molecular formula is C15H22N4O. The van der Waals surface area contributed by atoms with Crippen LogP contribution in [0.25, 0.3) is 0 Å². The molecule has 2 heterocycles. The lowest BCUT2D eigenvalue weighted by atomic mass is 9.84. The van der Waals surface area contributed by atoms with Gasteiger partial charge in [-0.05, 0) is 43.5 Å². The van der Waals surface area contributed by atoms with Gasteiger partial charge in [-0.15, -0.1) is 0 Å². The van der Waals surface area contributed by atoms with Gasteiger partial charge in [-0.25, -0.2) is 0 Å². The number of anilines is 2. The maximum absolute atomic E-state index is 7.55. The molecule has 1 spiro atoms. The zero-order chi connectivity index (χ0) is 14.0. The highest BCUT2D eigenvalue weighted by atomic mass is 16.5. The number of nitrogens with one attached hydrogen (secondary N) is 3. The molecule has 0 aromatic heterocycles. The lowest BCUT2D eigenvalue weighted by molar-refractivity contribution is -0.158. The molecule has 0 saturated carbocycles. The lowest BCUT2D eigenvalue weighted by Crippen LogP contribution is -2.52. The van der Waals surface area contributed by atoms with Crippen LogP contribution in [0.1, 0.15) is 19.3 Å². The fraction of sp³-hybridized carbons (Fsp3) is 0.533. The van der Waals surface area contributed by atoms with Crippen molar-refractivity contribution in [3.63, 3.8) is 0 Å². The third kappa shape index (κ3) is 2.58. The summed E-state index contributed by atoms with van der Waals surface area (Å²) in [6, 6.07) is 8.27. The summed E-state index contributed by atoms with van der Waals surface area (Å²) < 4.78 is 5.75. The van der Waals surface area contributed by atoms with Gasteiger partial charge in [0, 0.05) is 31.5 Å². The summed E-state index contributed by atoms with van der Waals surface area (Å²) in [6.45, 7) is 3.08. The van der Waals surface area contributed by atoms with Crippen LogP contribution in [0, 0.1) is 5.41 Å². The number of guanidine groups is 1. The molecule has 2 aliphatic heterocycles. The molecule has 5 heteroatoms. The monoisotopic (exact) mass is 274 g/mol. The van der Waals surface area contributed by atoms with Crippen molar-refractivity contribution in [3.05, 3.63) is 24.3 Å². The largest absolute Gasteiger partial charge is 0.375 e. The molecule has 1 aromatic rings. The number of hydrogen-bond acceptors (Lipinski definition) is 3. The maximum Gasteiger partial charge on any atom is 0.192 e. The number of piperidine rings is 1. The van der Waals surface area contributed by atoms with Crippen LogP contribution in [0.15, 0.2) is 24.3 Å². The minimum Gasteiger partial charge on any atom is -0.375 e. The zero-order valence-electron chi connectivity index (χ0n) is 11.9. The van der Waals surface area contributed by atoms with Gasteiger partial charge in [-0.2, -0.15) is 0 Å². The molecule has 3 N–H and O–H groups in total. The summed E-state index contributed by atoms with van der Waals surface area (Å²) in [6.07, 6.45) is 3.50. The van der Waals surface area contributed by atoms with Gasteiger partial charge in [0.05, 0.1) is 12.2 Å². The highest BCUT2D eigenvalue weighted by Crippen LogP contribution is 2.37. The third-order valence-corrected chi connectivity index (χ3v) is 4.39. The van der Waals surface area contributed by atoms with Crippen LogP contribution in [0.4, 0.5) is 11.4 Å². The molecule has 0 radical (unpaired) electrons. The first-order chi connectivity index (χ1) is 9.71. The van der Waals surface area contributed by atoms with Gasteiger partial charge in [-0.3, -0.25) is 5.41 Å². The van der Waals surface area contributed by atoms with Gasteiger partial charge in [0.15, 0.2) is 5.96 Å². The molecule has 5 nitrogen and oxygen atoms in total. The minimum atomic E-state index is 0.208. The number of nitrogens with zero attached hydrogens (tertiary/aromatic N) is 1. The summed E-state index contributed by atoms with van der Waals surface area (Å²) >= 11 is 0. The lowest BCUT2D eigenvalue weighted by Gasteiger charge is -2.48. The highest BCUT2D eigenvalue weighted by molar-refractivity contribution is 5.91. The van der Waals surface area contributed by atoms with Crippen LogP contribution < -0.4 is 15.5 Å². The van der Waals surface area contributed by atoms with E-state index in [1.807, 2.05) is 12.1 Å². The number of rotatable bonds is 2. The average molecular weight is 274 g/mol. The molecule has 2 saturated heterocycles. The van der Waals surface area contributed by atoms with Crippen LogP contribution in [-0.2, 0) is 4.74 Å². The summed E-state index contributed by atoms with van der Waals surface area (Å²) in [7, 11) is 1.73. The van der Waals surface area contributed by atoms with Gasteiger partial charge in [0.25, 0.3) is 0 Å². The van der Waals surface area contributed by atoms with E-state index in [0.717, 1.165) is 38.2 Å². The van der Waals surface area contributed by atoms with Crippen molar-refractivity contribution in [3.8, 4) is 0 Å². The standard InChI is InChI=1S/C15H22N4O/c1-17-14(16)18-12-2-4-13(5-3-12)19-9-6-15(7-10-19)8-11-20-15/h2-5H,6-11H2,1H3,(H3,16,17,18). The summed E-state index contributed by atoms with van der Waals surface area (Å²) in [5.41, 5.74) is 2.39. The Bertz CT molecular complexity index is 471. The van der Waals surface area contributed by atoms with Crippen molar-refractivity contribution in [1.29, 1.82) is 5.41 Å². The summed E-state index contributed by atoms with van der Waals surface area (Å²) in [5.74, 6) is 0.305. The van der Waals surface area contributed by atoms with E-state index in [-0.39, 0.29) is 5.60 Å². The predicted molar refractivity (Wildman–Crippen MR) is 81.6 cm³/mol. The Kier molecular flexibility index (Phi) is 3.53. The first-order valence-corrected chi connectivity index (χ1v) is 7.23. The van der Waals surface area contributed by atoms with Crippen molar-refractivity contribution in [2.24, 2.45) is 0 Å². The molecule has 3 rings (SSSR count). The molecule has 0 bridgehead atoms. The predicted octanol–water partition coefficient (Wildman–Crippen LogP) is 2.01. The first-order valence-electron chi connectivity index (χ1n) is 7.23. The highest BCUT2D eigenvalue weighted by Gasteiger charge is 2.40. The fourth-order valence-electron chi connectivity index (χ4n) is 2.92. The first kappa shape index (κ1) is 13.2. The van der Waals surface area contributed by atoms with Crippen molar-refractivity contribution < 1.29 is 4.74 Å². The van der Waals surface area contributed by atoms with E-state index in [4.69, 9.17) is 10.1 Å². The Hall–Kier alpha value is -1.75. The maximum atomic E-state index is 7.55. The fourth-order valence-corrected chi connectivity index (χ4v) is 2.92. The zero-order valence-corrected chi connectivity index (χ0v) is 11.9. The molecule has 2 aliphatic rings. The number of hydrogen-bond donors (Lipinski definition) is 3. The van der Waals surface area contributed by atoms with Gasteiger partial charge in [0.1, 0.15) is 0 Å². The third-order valence-electron chi connectivity index (χ3n) is 4.39. The Labute approximate surface area is 119 Å². The molecule has 1 aromatic carbocycles. The van der Waals surface area contributed by atoms with Gasteiger partial charge in [-0.1, -0.05) is 0 Å². The molecule has 20 heavy (non-hydrogen) atoms. The van der Waals surface area contributed by atoms with E-state index in [1.54, 1.807) is 7.05 Å². The summed E-state index contributed by atoms with van der Waals surface area (Å²) in [5, 5.41) is 13.3. The van der Waals surface area contributed by atoms with E-state index >= 15 is 0 Å². The van der Waals surface area contributed by atoms with Crippen LogP contribution >= 0.6 is 0 Å². The Morgan fingerprint density at radius 1 is 1.20 bits per heavy atom. The van der Waals surface area contributed by atoms with Crippen LogP contribution in [0.2, 0.25) is 0 Å². The summed E-state index contributed by atoms with van der Waals surface area (Å²) in [4.78, 5) is 2.42. The van der Waals surface area contributed by atoms with Crippen LogP contribution in [-0.4, -0.2) is 38.3 Å². The second-order valence-corrected chi connectivity index (χ2v) is 5.57. The molecular weight excluding hydrogens is 252 g/mol.